The standard InChI is InChI=1S/C15H28N2O/c1-2-5-13-6-10-17(11-7-13)14(18)12-15(16)8-3-4-9-15/h13H,2-12,16H2,1H3. The molecule has 0 spiro atoms. The van der Waals surface area contributed by atoms with Gasteiger partial charge in [0, 0.05) is 25.0 Å². The maximum atomic E-state index is 12.3. The van der Waals surface area contributed by atoms with Crippen molar-refractivity contribution in [1.82, 2.24) is 4.90 Å². The van der Waals surface area contributed by atoms with Gasteiger partial charge in [-0.3, -0.25) is 4.79 Å². The van der Waals surface area contributed by atoms with Gasteiger partial charge in [-0.2, -0.15) is 0 Å². The highest BCUT2D eigenvalue weighted by Gasteiger charge is 2.34. The number of carbonyl (C=O) groups excluding carboxylic acids is 1. The Labute approximate surface area is 111 Å². The molecule has 3 nitrogen and oxygen atoms in total. The van der Waals surface area contributed by atoms with Crippen molar-refractivity contribution in [3.63, 3.8) is 0 Å². The summed E-state index contributed by atoms with van der Waals surface area (Å²) in [5.74, 6) is 1.15. The number of nitrogens with zero attached hydrogens (tertiary/aromatic N) is 1. The molecule has 2 fully saturated rings. The lowest BCUT2D eigenvalue weighted by Crippen LogP contribution is -2.46. The van der Waals surface area contributed by atoms with Crippen LogP contribution >= 0.6 is 0 Å². The van der Waals surface area contributed by atoms with Crippen LogP contribution in [0.5, 0.6) is 0 Å². The molecule has 1 aliphatic heterocycles. The molecule has 2 aliphatic rings. The van der Waals surface area contributed by atoms with Gasteiger partial charge in [-0.25, -0.2) is 0 Å². The SMILES string of the molecule is CCCC1CCN(C(=O)CC2(N)CCCC2)CC1. The van der Waals surface area contributed by atoms with Gasteiger partial charge in [0.1, 0.15) is 0 Å². The van der Waals surface area contributed by atoms with Crippen LogP contribution in [0.25, 0.3) is 0 Å². The van der Waals surface area contributed by atoms with Gasteiger partial charge in [-0.15, -0.1) is 0 Å². The van der Waals surface area contributed by atoms with Crippen LogP contribution < -0.4 is 5.73 Å². The molecule has 0 radical (unpaired) electrons. The first-order chi connectivity index (χ1) is 8.63. The van der Waals surface area contributed by atoms with Crippen LogP contribution in [0.3, 0.4) is 0 Å². The number of hydrogen-bond donors (Lipinski definition) is 1. The molecule has 2 rings (SSSR count). The molecule has 0 aromatic rings. The van der Waals surface area contributed by atoms with E-state index >= 15 is 0 Å². The molecular formula is C15H28N2O. The molecule has 1 saturated carbocycles. The third-order valence-electron chi connectivity index (χ3n) is 4.77. The molecule has 1 heterocycles. The fourth-order valence-electron chi connectivity index (χ4n) is 3.55. The van der Waals surface area contributed by atoms with Crippen LogP contribution in [0, 0.1) is 5.92 Å². The van der Waals surface area contributed by atoms with Crippen molar-refractivity contribution >= 4 is 5.91 Å². The number of carbonyl (C=O) groups is 1. The summed E-state index contributed by atoms with van der Waals surface area (Å²) in [5, 5.41) is 0. The Morgan fingerprint density at radius 2 is 1.89 bits per heavy atom. The van der Waals surface area contributed by atoms with E-state index in [1.807, 2.05) is 0 Å². The third-order valence-corrected chi connectivity index (χ3v) is 4.77. The number of amides is 1. The lowest BCUT2D eigenvalue weighted by Gasteiger charge is -2.34. The minimum atomic E-state index is -0.183. The number of rotatable bonds is 4. The zero-order valence-electron chi connectivity index (χ0n) is 11.8. The highest BCUT2D eigenvalue weighted by molar-refractivity contribution is 5.77. The lowest BCUT2D eigenvalue weighted by atomic mass is 9.90. The van der Waals surface area contributed by atoms with Crippen molar-refractivity contribution < 1.29 is 4.79 Å². The summed E-state index contributed by atoms with van der Waals surface area (Å²) in [5.41, 5.74) is 6.11. The van der Waals surface area contributed by atoms with E-state index < -0.39 is 0 Å². The average Bonchev–Trinajstić information content (AvgIpc) is 2.77. The highest BCUT2D eigenvalue weighted by atomic mass is 16.2. The molecule has 2 N–H and O–H groups in total. The van der Waals surface area contributed by atoms with Crippen LogP contribution in [0.15, 0.2) is 0 Å². The Hall–Kier alpha value is -0.570. The molecule has 0 unspecified atom stereocenters. The van der Waals surface area contributed by atoms with E-state index in [1.165, 1.54) is 38.5 Å². The molecule has 0 aromatic heterocycles. The van der Waals surface area contributed by atoms with Gasteiger partial charge < -0.3 is 10.6 Å². The minimum absolute atomic E-state index is 0.183. The van der Waals surface area contributed by atoms with E-state index in [-0.39, 0.29) is 5.54 Å². The molecule has 1 saturated heterocycles. The predicted molar refractivity (Wildman–Crippen MR) is 74.2 cm³/mol. The molecule has 0 atom stereocenters. The van der Waals surface area contributed by atoms with Crippen LogP contribution in [-0.4, -0.2) is 29.4 Å². The first-order valence-corrected chi connectivity index (χ1v) is 7.69. The summed E-state index contributed by atoms with van der Waals surface area (Å²) >= 11 is 0. The maximum Gasteiger partial charge on any atom is 0.224 e. The van der Waals surface area contributed by atoms with Crippen molar-refractivity contribution in [1.29, 1.82) is 0 Å². The van der Waals surface area contributed by atoms with Gasteiger partial charge in [-0.05, 0) is 31.6 Å². The van der Waals surface area contributed by atoms with Crippen LogP contribution in [0.4, 0.5) is 0 Å². The van der Waals surface area contributed by atoms with Crippen LogP contribution in [0.1, 0.15) is 64.7 Å². The van der Waals surface area contributed by atoms with Gasteiger partial charge in [0.2, 0.25) is 5.91 Å². The average molecular weight is 252 g/mol. The molecule has 3 heteroatoms. The zero-order chi connectivity index (χ0) is 13.0. The highest BCUT2D eigenvalue weighted by Crippen LogP contribution is 2.31. The first-order valence-electron chi connectivity index (χ1n) is 7.69. The second kappa shape index (κ2) is 6.05. The summed E-state index contributed by atoms with van der Waals surface area (Å²) in [6, 6.07) is 0. The Kier molecular flexibility index (Phi) is 4.66. The summed E-state index contributed by atoms with van der Waals surface area (Å²) < 4.78 is 0. The Balaban J connectivity index is 1.77. The van der Waals surface area contributed by atoms with E-state index in [1.54, 1.807) is 0 Å². The topological polar surface area (TPSA) is 46.3 Å². The first kappa shape index (κ1) is 13.9. The van der Waals surface area contributed by atoms with E-state index in [2.05, 4.69) is 11.8 Å². The molecule has 18 heavy (non-hydrogen) atoms. The number of likely N-dealkylation sites (tertiary alicyclic amines) is 1. The van der Waals surface area contributed by atoms with Gasteiger partial charge in [-0.1, -0.05) is 32.6 Å². The van der Waals surface area contributed by atoms with Crippen molar-refractivity contribution in [2.24, 2.45) is 11.7 Å². The van der Waals surface area contributed by atoms with E-state index in [0.717, 1.165) is 31.8 Å². The fraction of sp³-hybridized carbons (Fsp3) is 0.933. The zero-order valence-corrected chi connectivity index (χ0v) is 11.8. The number of nitrogens with two attached hydrogens (primary N) is 1. The number of piperidine rings is 1. The molecule has 0 bridgehead atoms. The van der Waals surface area contributed by atoms with Gasteiger partial charge >= 0.3 is 0 Å². The largest absolute Gasteiger partial charge is 0.343 e. The van der Waals surface area contributed by atoms with E-state index in [4.69, 9.17) is 5.73 Å². The molecular weight excluding hydrogens is 224 g/mol. The predicted octanol–water partition coefficient (Wildman–Crippen LogP) is 2.69. The second-order valence-electron chi connectivity index (χ2n) is 6.36. The van der Waals surface area contributed by atoms with Crippen molar-refractivity contribution in [3.8, 4) is 0 Å². The van der Waals surface area contributed by atoms with Crippen molar-refractivity contribution in [3.05, 3.63) is 0 Å². The Morgan fingerprint density at radius 1 is 1.28 bits per heavy atom. The lowest BCUT2D eigenvalue weighted by molar-refractivity contribution is -0.133. The second-order valence-corrected chi connectivity index (χ2v) is 6.36. The smallest absolute Gasteiger partial charge is 0.224 e. The summed E-state index contributed by atoms with van der Waals surface area (Å²) in [6.45, 7) is 4.16. The monoisotopic (exact) mass is 252 g/mol. The maximum absolute atomic E-state index is 12.3. The van der Waals surface area contributed by atoms with Crippen molar-refractivity contribution in [2.45, 2.75) is 70.3 Å². The molecule has 1 aliphatic carbocycles. The molecule has 0 aromatic carbocycles. The van der Waals surface area contributed by atoms with E-state index in [9.17, 15) is 4.79 Å². The minimum Gasteiger partial charge on any atom is -0.343 e. The van der Waals surface area contributed by atoms with Crippen LogP contribution in [-0.2, 0) is 4.79 Å². The molecule has 104 valence electrons. The van der Waals surface area contributed by atoms with E-state index in [0.29, 0.717) is 12.3 Å². The summed E-state index contributed by atoms with van der Waals surface area (Å²) in [6.07, 6.45) is 10.0. The normalized spacial score (nSPS) is 24.4. The van der Waals surface area contributed by atoms with Crippen LogP contribution in [0.2, 0.25) is 0 Å². The van der Waals surface area contributed by atoms with Gasteiger partial charge in [0.15, 0.2) is 0 Å². The third kappa shape index (κ3) is 3.47. The van der Waals surface area contributed by atoms with Crippen molar-refractivity contribution in [2.75, 3.05) is 13.1 Å². The molecule has 1 amide bonds. The van der Waals surface area contributed by atoms with Gasteiger partial charge in [0.25, 0.3) is 0 Å². The summed E-state index contributed by atoms with van der Waals surface area (Å²) in [4.78, 5) is 14.3. The Morgan fingerprint density at radius 3 is 2.44 bits per heavy atom. The van der Waals surface area contributed by atoms with Gasteiger partial charge in [0.05, 0.1) is 0 Å². The fourth-order valence-corrected chi connectivity index (χ4v) is 3.55. The summed E-state index contributed by atoms with van der Waals surface area (Å²) in [7, 11) is 0. The quantitative estimate of drug-likeness (QED) is 0.836. The Bertz CT molecular complexity index is 276. The number of hydrogen-bond acceptors (Lipinski definition) is 2.